The molecular formula is C15H20FN3O. The van der Waals surface area contributed by atoms with Crippen LogP contribution in [-0.2, 0) is 13.5 Å². The molecular weight excluding hydrogens is 257 g/mol. The van der Waals surface area contributed by atoms with Crippen LogP contribution in [0.1, 0.15) is 23.6 Å². The Bertz CT molecular complexity index is 568. The van der Waals surface area contributed by atoms with Gasteiger partial charge in [-0.3, -0.25) is 4.68 Å². The van der Waals surface area contributed by atoms with Gasteiger partial charge in [-0.05, 0) is 31.5 Å². The van der Waals surface area contributed by atoms with Crippen molar-refractivity contribution in [1.82, 2.24) is 15.1 Å². The number of aromatic nitrogens is 2. The zero-order valence-electron chi connectivity index (χ0n) is 12.1. The van der Waals surface area contributed by atoms with Crippen molar-refractivity contribution in [2.45, 2.75) is 18.9 Å². The van der Waals surface area contributed by atoms with Crippen LogP contribution in [0.5, 0.6) is 5.75 Å². The molecule has 0 spiro atoms. The van der Waals surface area contributed by atoms with E-state index < -0.39 is 0 Å². The van der Waals surface area contributed by atoms with Gasteiger partial charge in [0.25, 0.3) is 0 Å². The van der Waals surface area contributed by atoms with Crippen molar-refractivity contribution in [3.63, 3.8) is 0 Å². The summed E-state index contributed by atoms with van der Waals surface area (Å²) in [6, 6.07) is 4.95. The van der Waals surface area contributed by atoms with Crippen molar-refractivity contribution in [1.29, 1.82) is 0 Å². The fourth-order valence-corrected chi connectivity index (χ4v) is 2.28. The third-order valence-corrected chi connectivity index (χ3v) is 3.41. The maximum Gasteiger partial charge on any atom is 0.131 e. The van der Waals surface area contributed by atoms with Crippen molar-refractivity contribution < 1.29 is 9.13 Å². The second-order valence-electron chi connectivity index (χ2n) is 4.79. The van der Waals surface area contributed by atoms with E-state index in [-0.39, 0.29) is 11.9 Å². The molecule has 1 N–H and O–H groups in total. The Balaban J connectivity index is 2.07. The van der Waals surface area contributed by atoms with Gasteiger partial charge < -0.3 is 10.1 Å². The third kappa shape index (κ3) is 3.36. The van der Waals surface area contributed by atoms with E-state index in [0.717, 1.165) is 18.4 Å². The van der Waals surface area contributed by atoms with Crippen LogP contribution in [0, 0.1) is 5.82 Å². The van der Waals surface area contributed by atoms with E-state index in [1.54, 1.807) is 16.8 Å². The van der Waals surface area contributed by atoms with E-state index in [0.29, 0.717) is 11.3 Å². The fourth-order valence-electron chi connectivity index (χ4n) is 2.28. The lowest BCUT2D eigenvalue weighted by Gasteiger charge is -2.17. The number of hydrogen-bond donors (Lipinski definition) is 1. The molecule has 2 rings (SSSR count). The van der Waals surface area contributed by atoms with Gasteiger partial charge >= 0.3 is 0 Å². The Morgan fingerprint density at radius 1 is 1.45 bits per heavy atom. The maximum absolute atomic E-state index is 14.1. The highest BCUT2D eigenvalue weighted by molar-refractivity contribution is 5.31. The number of benzene rings is 1. The number of nitrogens with zero attached hydrogens (tertiary/aromatic N) is 2. The number of ether oxygens (including phenoxy) is 1. The van der Waals surface area contributed by atoms with E-state index in [1.807, 2.05) is 26.5 Å². The molecule has 1 heterocycles. The summed E-state index contributed by atoms with van der Waals surface area (Å²) < 4.78 is 20.9. The SMILES string of the molecule is CNC(CCc1cnn(C)c1)c1ccc(OC)cc1F. The van der Waals surface area contributed by atoms with E-state index in [1.165, 1.54) is 13.2 Å². The topological polar surface area (TPSA) is 39.1 Å². The molecule has 4 nitrogen and oxygen atoms in total. The van der Waals surface area contributed by atoms with Crippen LogP contribution < -0.4 is 10.1 Å². The van der Waals surface area contributed by atoms with Gasteiger partial charge in [-0.2, -0.15) is 5.10 Å². The van der Waals surface area contributed by atoms with Crippen molar-refractivity contribution in [2.75, 3.05) is 14.2 Å². The molecule has 1 aromatic heterocycles. The zero-order valence-corrected chi connectivity index (χ0v) is 12.1. The smallest absolute Gasteiger partial charge is 0.131 e. The highest BCUT2D eigenvalue weighted by atomic mass is 19.1. The predicted octanol–water partition coefficient (Wildman–Crippen LogP) is 2.46. The van der Waals surface area contributed by atoms with Gasteiger partial charge in [0.05, 0.1) is 13.3 Å². The Hall–Kier alpha value is -1.88. The molecule has 0 amide bonds. The lowest BCUT2D eigenvalue weighted by Crippen LogP contribution is -2.18. The van der Waals surface area contributed by atoms with Gasteiger partial charge in [-0.15, -0.1) is 0 Å². The first-order chi connectivity index (χ1) is 9.63. The molecule has 0 fully saturated rings. The summed E-state index contributed by atoms with van der Waals surface area (Å²) in [6.45, 7) is 0. The normalized spacial score (nSPS) is 12.4. The second-order valence-corrected chi connectivity index (χ2v) is 4.79. The summed E-state index contributed by atoms with van der Waals surface area (Å²) in [4.78, 5) is 0. The summed E-state index contributed by atoms with van der Waals surface area (Å²) in [5, 5.41) is 7.30. The first kappa shape index (κ1) is 14.5. The third-order valence-electron chi connectivity index (χ3n) is 3.41. The minimum atomic E-state index is -0.241. The molecule has 108 valence electrons. The second kappa shape index (κ2) is 6.52. The minimum Gasteiger partial charge on any atom is -0.497 e. The van der Waals surface area contributed by atoms with Gasteiger partial charge in [0.15, 0.2) is 0 Å². The van der Waals surface area contributed by atoms with Crippen LogP contribution in [0.4, 0.5) is 4.39 Å². The van der Waals surface area contributed by atoms with Crippen molar-refractivity contribution in [3.05, 3.63) is 47.5 Å². The Kier molecular flexibility index (Phi) is 4.74. The van der Waals surface area contributed by atoms with Crippen molar-refractivity contribution in [2.24, 2.45) is 7.05 Å². The van der Waals surface area contributed by atoms with Crippen LogP contribution >= 0.6 is 0 Å². The number of hydrogen-bond acceptors (Lipinski definition) is 3. The van der Waals surface area contributed by atoms with Crippen LogP contribution in [0.2, 0.25) is 0 Å². The van der Waals surface area contributed by atoms with Crippen molar-refractivity contribution >= 4 is 0 Å². The summed E-state index contributed by atoms with van der Waals surface area (Å²) in [5.74, 6) is 0.295. The van der Waals surface area contributed by atoms with Crippen LogP contribution in [0.15, 0.2) is 30.6 Å². The highest BCUT2D eigenvalue weighted by Crippen LogP contribution is 2.25. The predicted molar refractivity (Wildman–Crippen MR) is 76.3 cm³/mol. The molecule has 0 aliphatic rings. The molecule has 1 atom stereocenters. The number of halogens is 1. The number of nitrogens with one attached hydrogen (secondary N) is 1. The molecule has 0 aliphatic heterocycles. The molecule has 20 heavy (non-hydrogen) atoms. The molecule has 0 aliphatic carbocycles. The lowest BCUT2D eigenvalue weighted by molar-refractivity contribution is 0.409. The molecule has 0 bridgehead atoms. The zero-order chi connectivity index (χ0) is 14.5. The van der Waals surface area contributed by atoms with Crippen LogP contribution in [-0.4, -0.2) is 23.9 Å². The van der Waals surface area contributed by atoms with Gasteiger partial charge in [-0.1, -0.05) is 6.07 Å². The summed E-state index contributed by atoms with van der Waals surface area (Å²) >= 11 is 0. The minimum absolute atomic E-state index is 0.0267. The fraction of sp³-hybridized carbons (Fsp3) is 0.400. The quantitative estimate of drug-likeness (QED) is 0.881. The van der Waals surface area contributed by atoms with Crippen LogP contribution in [0.25, 0.3) is 0 Å². The molecule has 2 aromatic rings. The molecule has 0 radical (unpaired) electrons. The average molecular weight is 277 g/mol. The van der Waals surface area contributed by atoms with Gasteiger partial charge in [0.1, 0.15) is 11.6 Å². The molecule has 5 heteroatoms. The van der Waals surface area contributed by atoms with Crippen molar-refractivity contribution in [3.8, 4) is 5.75 Å². The summed E-state index contributed by atoms with van der Waals surface area (Å²) in [6.07, 6.45) is 5.49. The van der Waals surface area contributed by atoms with E-state index in [2.05, 4.69) is 10.4 Å². The molecule has 1 aromatic carbocycles. The first-order valence-corrected chi connectivity index (χ1v) is 6.62. The number of rotatable bonds is 6. The van der Waals surface area contributed by atoms with Gasteiger partial charge in [0, 0.05) is 30.9 Å². The Morgan fingerprint density at radius 2 is 2.25 bits per heavy atom. The van der Waals surface area contributed by atoms with Crippen LogP contribution in [0.3, 0.4) is 0 Å². The first-order valence-electron chi connectivity index (χ1n) is 6.62. The monoisotopic (exact) mass is 277 g/mol. The largest absolute Gasteiger partial charge is 0.497 e. The van der Waals surface area contributed by atoms with E-state index in [9.17, 15) is 4.39 Å². The highest BCUT2D eigenvalue weighted by Gasteiger charge is 2.15. The number of methoxy groups -OCH3 is 1. The van der Waals surface area contributed by atoms with E-state index in [4.69, 9.17) is 4.74 Å². The Labute approximate surface area is 118 Å². The molecule has 1 unspecified atom stereocenters. The van der Waals surface area contributed by atoms with Gasteiger partial charge in [-0.25, -0.2) is 4.39 Å². The van der Waals surface area contributed by atoms with E-state index >= 15 is 0 Å². The number of aryl methyl sites for hydroxylation is 2. The lowest BCUT2D eigenvalue weighted by atomic mass is 9.99. The Morgan fingerprint density at radius 3 is 2.80 bits per heavy atom. The summed E-state index contributed by atoms with van der Waals surface area (Å²) in [5.41, 5.74) is 1.82. The molecule has 0 saturated heterocycles. The van der Waals surface area contributed by atoms with Gasteiger partial charge in [0.2, 0.25) is 0 Å². The standard InChI is InChI=1S/C15H20FN3O/c1-17-15(7-4-11-9-18-19(2)10-11)13-6-5-12(20-3)8-14(13)16/h5-6,8-10,15,17H,4,7H2,1-3H3. The molecule has 0 saturated carbocycles. The average Bonchev–Trinajstić information content (AvgIpc) is 2.86. The summed E-state index contributed by atoms with van der Waals surface area (Å²) in [7, 11) is 5.27. The maximum atomic E-state index is 14.1.